The van der Waals surface area contributed by atoms with Crippen LogP contribution >= 0.6 is 11.8 Å². The Morgan fingerprint density at radius 3 is 2.04 bits per heavy atom. The van der Waals surface area contributed by atoms with Crippen molar-refractivity contribution in [1.29, 1.82) is 0 Å². The van der Waals surface area contributed by atoms with Crippen LogP contribution in [0.1, 0.15) is 34.1 Å². The van der Waals surface area contributed by atoms with Crippen LogP contribution in [0.3, 0.4) is 0 Å². The summed E-state index contributed by atoms with van der Waals surface area (Å²) in [5, 5.41) is -0.329. The van der Waals surface area contributed by atoms with Crippen LogP contribution in [-0.4, -0.2) is 41.3 Å². The first kappa shape index (κ1) is 19.9. The van der Waals surface area contributed by atoms with E-state index in [0.29, 0.717) is 17.5 Å². The quantitative estimate of drug-likeness (QED) is 0.543. The summed E-state index contributed by atoms with van der Waals surface area (Å²) in [7, 11) is 0. The summed E-state index contributed by atoms with van der Waals surface area (Å²) >= 11 is 1.32. The molecule has 3 rings (SSSR count). The summed E-state index contributed by atoms with van der Waals surface area (Å²) in [5.41, 5.74) is 0.426. The van der Waals surface area contributed by atoms with Crippen LogP contribution in [0.2, 0.25) is 0 Å². The van der Waals surface area contributed by atoms with Gasteiger partial charge in [0, 0.05) is 13.3 Å². The van der Waals surface area contributed by atoms with Gasteiger partial charge in [0.2, 0.25) is 0 Å². The predicted octanol–water partition coefficient (Wildman–Crippen LogP) is 3.46. The van der Waals surface area contributed by atoms with Gasteiger partial charge in [-0.15, -0.1) is 11.8 Å². The normalized spacial score (nSPS) is 21.0. The molecule has 0 unspecified atom stereocenters. The largest absolute Gasteiger partial charge is 0.461 e. The van der Waals surface area contributed by atoms with E-state index in [0.717, 1.165) is 0 Å². The predicted molar refractivity (Wildman–Crippen MR) is 104 cm³/mol. The summed E-state index contributed by atoms with van der Waals surface area (Å²) < 4.78 is 16.3. The molecule has 0 spiro atoms. The van der Waals surface area contributed by atoms with Gasteiger partial charge in [-0.25, -0.2) is 9.59 Å². The highest BCUT2D eigenvalue weighted by molar-refractivity contribution is 8.00. The highest BCUT2D eigenvalue weighted by Gasteiger charge is 2.40. The summed E-state index contributed by atoms with van der Waals surface area (Å²) in [6.45, 7) is 1.37. The number of benzene rings is 2. The summed E-state index contributed by atoms with van der Waals surface area (Å²) in [6, 6.07) is 17.3. The number of carbonyl (C=O) groups excluding carboxylic acids is 3. The number of hydrogen-bond acceptors (Lipinski definition) is 7. The van der Waals surface area contributed by atoms with Gasteiger partial charge in [-0.1, -0.05) is 36.4 Å². The molecule has 28 heavy (non-hydrogen) atoms. The van der Waals surface area contributed by atoms with E-state index in [1.54, 1.807) is 48.5 Å². The Morgan fingerprint density at radius 2 is 1.46 bits per heavy atom. The molecular weight excluding hydrogens is 380 g/mol. The van der Waals surface area contributed by atoms with E-state index in [-0.39, 0.29) is 11.9 Å². The van der Waals surface area contributed by atoms with Crippen LogP contribution in [0.5, 0.6) is 0 Å². The maximum atomic E-state index is 12.4. The lowest BCUT2D eigenvalue weighted by molar-refractivity contribution is -0.142. The molecule has 0 bridgehead atoms. The molecule has 2 aromatic rings. The van der Waals surface area contributed by atoms with Crippen molar-refractivity contribution in [3.8, 4) is 0 Å². The molecule has 6 nitrogen and oxygen atoms in total. The van der Waals surface area contributed by atoms with Crippen molar-refractivity contribution in [2.24, 2.45) is 0 Å². The zero-order valence-electron chi connectivity index (χ0n) is 15.3. The fourth-order valence-electron chi connectivity index (χ4n) is 2.81. The zero-order valence-corrected chi connectivity index (χ0v) is 16.1. The van der Waals surface area contributed by atoms with Crippen LogP contribution in [0, 0.1) is 0 Å². The van der Waals surface area contributed by atoms with Gasteiger partial charge in [0.1, 0.15) is 12.7 Å². The second kappa shape index (κ2) is 9.41. The van der Waals surface area contributed by atoms with E-state index in [4.69, 9.17) is 14.2 Å². The number of rotatable bonds is 6. The lowest BCUT2D eigenvalue weighted by atomic mass is 10.2. The van der Waals surface area contributed by atoms with Gasteiger partial charge in [-0.05, 0) is 24.3 Å². The van der Waals surface area contributed by atoms with Crippen LogP contribution in [0.25, 0.3) is 0 Å². The molecule has 146 valence electrons. The molecule has 1 heterocycles. The van der Waals surface area contributed by atoms with Crippen LogP contribution in [-0.2, 0) is 19.0 Å². The molecule has 0 aromatic heterocycles. The van der Waals surface area contributed by atoms with Gasteiger partial charge < -0.3 is 14.2 Å². The fraction of sp³-hybridized carbons (Fsp3) is 0.286. The van der Waals surface area contributed by atoms with Gasteiger partial charge in [0.15, 0.2) is 5.44 Å². The number of ether oxygens (including phenoxy) is 3. The maximum absolute atomic E-state index is 12.4. The SMILES string of the molecule is CC(=O)O[C@H]1C[C@H](OC(=O)c2ccccc2)[C@@H](COC(=O)c2ccccc2)S1. The monoisotopic (exact) mass is 400 g/mol. The van der Waals surface area contributed by atoms with Crippen molar-refractivity contribution in [3.05, 3.63) is 71.8 Å². The summed E-state index contributed by atoms with van der Waals surface area (Å²) in [5.74, 6) is -1.33. The summed E-state index contributed by atoms with van der Waals surface area (Å²) in [4.78, 5) is 35.9. The Labute approximate surface area is 167 Å². The van der Waals surface area contributed by atoms with Gasteiger partial charge >= 0.3 is 17.9 Å². The number of esters is 3. The van der Waals surface area contributed by atoms with Gasteiger partial charge in [-0.3, -0.25) is 4.79 Å². The molecule has 1 saturated heterocycles. The van der Waals surface area contributed by atoms with Gasteiger partial charge in [0.05, 0.1) is 16.4 Å². The minimum Gasteiger partial charge on any atom is -0.461 e. The molecule has 1 aliphatic rings. The smallest absolute Gasteiger partial charge is 0.338 e. The molecule has 1 aliphatic heterocycles. The Morgan fingerprint density at radius 1 is 0.893 bits per heavy atom. The maximum Gasteiger partial charge on any atom is 0.338 e. The van der Waals surface area contributed by atoms with Gasteiger partial charge in [-0.2, -0.15) is 0 Å². The second-order valence-electron chi connectivity index (χ2n) is 6.22. The van der Waals surface area contributed by atoms with E-state index in [2.05, 4.69) is 0 Å². The van der Waals surface area contributed by atoms with E-state index >= 15 is 0 Å². The molecule has 0 saturated carbocycles. The zero-order chi connectivity index (χ0) is 19.9. The molecule has 3 atom stereocenters. The van der Waals surface area contributed by atoms with Crippen molar-refractivity contribution in [2.75, 3.05) is 6.61 Å². The van der Waals surface area contributed by atoms with Crippen molar-refractivity contribution in [1.82, 2.24) is 0 Å². The highest BCUT2D eigenvalue weighted by Crippen LogP contribution is 2.37. The van der Waals surface area contributed by atoms with E-state index < -0.39 is 29.4 Å². The average Bonchev–Trinajstić information content (AvgIpc) is 3.07. The Bertz CT molecular complexity index is 823. The van der Waals surface area contributed by atoms with Crippen LogP contribution in [0.4, 0.5) is 0 Å². The Kier molecular flexibility index (Phi) is 6.71. The third-order valence-corrected chi connectivity index (χ3v) is 5.50. The third-order valence-electron chi connectivity index (χ3n) is 4.12. The average molecular weight is 400 g/mol. The second-order valence-corrected chi connectivity index (χ2v) is 7.63. The first-order valence-corrected chi connectivity index (χ1v) is 9.78. The lowest BCUT2D eigenvalue weighted by Crippen LogP contribution is -2.29. The topological polar surface area (TPSA) is 78.9 Å². The number of carbonyl (C=O) groups is 3. The van der Waals surface area contributed by atoms with Crippen molar-refractivity contribution < 1.29 is 28.6 Å². The first-order chi connectivity index (χ1) is 13.5. The molecule has 0 N–H and O–H groups in total. The van der Waals surface area contributed by atoms with E-state index in [1.165, 1.54) is 18.7 Å². The number of hydrogen-bond donors (Lipinski definition) is 0. The molecular formula is C21H20O6S. The number of thioether (sulfide) groups is 1. The molecule has 7 heteroatoms. The van der Waals surface area contributed by atoms with Crippen molar-refractivity contribution in [3.63, 3.8) is 0 Å². The minimum absolute atomic E-state index is 0.0445. The van der Waals surface area contributed by atoms with Crippen molar-refractivity contribution >= 4 is 29.7 Å². The van der Waals surface area contributed by atoms with Crippen LogP contribution < -0.4 is 0 Å². The molecule has 0 radical (unpaired) electrons. The molecule has 2 aromatic carbocycles. The standard InChI is InChI=1S/C21H20O6S/c1-14(22)26-19-12-17(27-21(24)16-10-6-3-7-11-16)18(28-19)13-25-20(23)15-8-4-2-5-9-15/h2-11,17-19H,12-13H2,1H3/t17-,18+,19+/m0/s1. The van der Waals surface area contributed by atoms with E-state index in [9.17, 15) is 14.4 Å². The highest BCUT2D eigenvalue weighted by atomic mass is 32.2. The molecule has 0 amide bonds. The third kappa shape index (κ3) is 5.36. The van der Waals surface area contributed by atoms with Crippen molar-refractivity contribution in [2.45, 2.75) is 30.1 Å². The fourth-order valence-corrected chi connectivity index (χ4v) is 4.18. The molecule has 0 aliphatic carbocycles. The Balaban J connectivity index is 1.64. The van der Waals surface area contributed by atoms with E-state index in [1.807, 2.05) is 12.1 Å². The van der Waals surface area contributed by atoms with Crippen LogP contribution in [0.15, 0.2) is 60.7 Å². The lowest BCUT2D eigenvalue weighted by Gasteiger charge is -2.18. The molecule has 1 fully saturated rings. The van der Waals surface area contributed by atoms with Gasteiger partial charge in [0.25, 0.3) is 0 Å². The Hall–Kier alpha value is -2.80. The first-order valence-electron chi connectivity index (χ1n) is 8.84. The minimum atomic E-state index is -0.536. The summed E-state index contributed by atoms with van der Waals surface area (Å²) in [6.07, 6.45) is -0.193.